The zero-order chi connectivity index (χ0) is 15.3. The van der Waals surface area contributed by atoms with Gasteiger partial charge in [-0.25, -0.2) is 0 Å². The van der Waals surface area contributed by atoms with E-state index in [0.29, 0.717) is 12.6 Å². The molecule has 0 heterocycles. The summed E-state index contributed by atoms with van der Waals surface area (Å²) in [5.74, 6) is 0.981. The van der Waals surface area contributed by atoms with Crippen molar-refractivity contribution >= 4 is 0 Å². The average Bonchev–Trinajstić information content (AvgIpc) is 2.37. The van der Waals surface area contributed by atoms with Gasteiger partial charge in [-0.05, 0) is 44.4 Å². The summed E-state index contributed by atoms with van der Waals surface area (Å²) in [6.45, 7) is 13.2. The molecule has 0 amide bonds. The van der Waals surface area contributed by atoms with Gasteiger partial charge in [-0.1, -0.05) is 26.0 Å². The zero-order valence-electron chi connectivity index (χ0n) is 13.7. The van der Waals surface area contributed by atoms with E-state index < -0.39 is 0 Å². The number of ether oxygens (including phenoxy) is 1. The van der Waals surface area contributed by atoms with E-state index in [4.69, 9.17) is 4.74 Å². The van der Waals surface area contributed by atoms with Gasteiger partial charge in [0.1, 0.15) is 5.75 Å². The summed E-state index contributed by atoms with van der Waals surface area (Å²) >= 11 is 0. The highest BCUT2D eigenvalue weighted by Gasteiger charge is 2.24. The molecule has 20 heavy (non-hydrogen) atoms. The lowest BCUT2D eigenvalue weighted by molar-refractivity contribution is 0.136. The number of rotatable bonds is 7. The number of aliphatic hydroxyl groups is 1. The molecular weight excluding hydrogens is 250 g/mol. The molecule has 0 aliphatic heterocycles. The molecule has 0 aromatic heterocycles. The summed E-state index contributed by atoms with van der Waals surface area (Å²) in [5, 5.41) is 13.0. The van der Waals surface area contributed by atoms with Crippen LogP contribution in [0.1, 0.15) is 43.9 Å². The predicted octanol–water partition coefficient (Wildman–Crippen LogP) is 3.13. The van der Waals surface area contributed by atoms with Crippen molar-refractivity contribution in [3.63, 3.8) is 0 Å². The molecule has 0 fully saturated rings. The number of benzene rings is 1. The summed E-state index contributed by atoms with van der Waals surface area (Å²) in [6.07, 6.45) is 0.772. The Morgan fingerprint density at radius 3 is 2.35 bits per heavy atom. The lowest BCUT2D eigenvalue weighted by atomic mass is 9.98. The lowest BCUT2D eigenvalue weighted by Gasteiger charge is -2.31. The molecule has 0 radical (unpaired) electrons. The maximum atomic E-state index is 9.57. The third-order valence-electron chi connectivity index (χ3n) is 3.76. The Morgan fingerprint density at radius 1 is 1.20 bits per heavy atom. The van der Waals surface area contributed by atoms with Crippen molar-refractivity contribution in [3.8, 4) is 5.75 Å². The van der Waals surface area contributed by atoms with Gasteiger partial charge in [0, 0.05) is 18.0 Å². The topological polar surface area (TPSA) is 41.5 Å². The number of aryl methyl sites for hydroxylation is 2. The molecule has 1 rings (SSSR count). The minimum absolute atomic E-state index is 0.111. The van der Waals surface area contributed by atoms with Crippen LogP contribution in [0.15, 0.2) is 12.1 Å². The smallest absolute Gasteiger partial charge is 0.125 e. The average molecular weight is 279 g/mol. The monoisotopic (exact) mass is 279 g/mol. The molecule has 1 unspecified atom stereocenters. The van der Waals surface area contributed by atoms with Crippen LogP contribution < -0.4 is 10.1 Å². The van der Waals surface area contributed by atoms with E-state index in [1.165, 1.54) is 11.1 Å². The minimum Gasteiger partial charge on any atom is -0.493 e. The summed E-state index contributed by atoms with van der Waals surface area (Å²) in [4.78, 5) is 0. The molecule has 0 saturated heterocycles. The Hall–Kier alpha value is -1.06. The second kappa shape index (κ2) is 7.09. The quantitative estimate of drug-likeness (QED) is 0.805. The molecule has 0 spiro atoms. The van der Waals surface area contributed by atoms with Crippen LogP contribution in [0.4, 0.5) is 0 Å². The van der Waals surface area contributed by atoms with Crippen molar-refractivity contribution in [2.45, 2.75) is 59.5 Å². The Kier molecular flexibility index (Phi) is 6.03. The fourth-order valence-electron chi connectivity index (χ4n) is 2.42. The summed E-state index contributed by atoms with van der Waals surface area (Å²) in [7, 11) is 0. The highest BCUT2D eigenvalue weighted by atomic mass is 16.5. The fraction of sp³-hybridized carbons (Fsp3) is 0.647. The van der Waals surface area contributed by atoms with Crippen molar-refractivity contribution in [3.05, 3.63) is 28.8 Å². The van der Waals surface area contributed by atoms with Crippen LogP contribution in [-0.2, 0) is 0 Å². The maximum absolute atomic E-state index is 9.57. The third-order valence-corrected chi connectivity index (χ3v) is 3.76. The SMILES string of the molecule is Cc1ccc(C)c(OCCC(C)(CO)NC(C)C)c1C. The van der Waals surface area contributed by atoms with Crippen LogP contribution in [0.3, 0.4) is 0 Å². The van der Waals surface area contributed by atoms with Gasteiger partial charge >= 0.3 is 0 Å². The van der Waals surface area contributed by atoms with Gasteiger partial charge in [-0.15, -0.1) is 0 Å². The van der Waals surface area contributed by atoms with E-state index >= 15 is 0 Å². The molecule has 2 N–H and O–H groups in total. The first-order valence-corrected chi connectivity index (χ1v) is 7.37. The molecule has 1 aromatic rings. The van der Waals surface area contributed by atoms with Crippen LogP contribution in [0.5, 0.6) is 5.75 Å². The third kappa shape index (κ3) is 4.50. The van der Waals surface area contributed by atoms with Crippen LogP contribution in [-0.4, -0.2) is 29.9 Å². The highest BCUT2D eigenvalue weighted by Crippen LogP contribution is 2.26. The maximum Gasteiger partial charge on any atom is 0.125 e. The lowest BCUT2D eigenvalue weighted by Crippen LogP contribution is -2.50. The molecule has 1 atom stereocenters. The van der Waals surface area contributed by atoms with Crippen molar-refractivity contribution in [2.75, 3.05) is 13.2 Å². The summed E-state index contributed by atoms with van der Waals surface area (Å²) in [5.41, 5.74) is 3.32. The fourth-order valence-corrected chi connectivity index (χ4v) is 2.42. The van der Waals surface area contributed by atoms with Crippen LogP contribution in [0, 0.1) is 20.8 Å². The molecule has 1 aromatic carbocycles. The Bertz CT molecular complexity index is 443. The first-order valence-electron chi connectivity index (χ1n) is 7.37. The summed E-state index contributed by atoms with van der Waals surface area (Å²) in [6, 6.07) is 4.56. The molecule has 0 bridgehead atoms. The van der Waals surface area contributed by atoms with Crippen LogP contribution in [0.2, 0.25) is 0 Å². The van der Waals surface area contributed by atoms with E-state index in [0.717, 1.165) is 17.7 Å². The van der Waals surface area contributed by atoms with Gasteiger partial charge in [-0.2, -0.15) is 0 Å². The van der Waals surface area contributed by atoms with Gasteiger partial charge in [0.2, 0.25) is 0 Å². The number of aliphatic hydroxyl groups excluding tert-OH is 1. The molecule has 0 saturated carbocycles. The van der Waals surface area contributed by atoms with Crippen LogP contribution in [0.25, 0.3) is 0 Å². The number of hydrogen-bond acceptors (Lipinski definition) is 3. The zero-order valence-corrected chi connectivity index (χ0v) is 13.7. The minimum atomic E-state index is -0.292. The second-order valence-electron chi connectivity index (χ2n) is 6.27. The van der Waals surface area contributed by atoms with Crippen molar-refractivity contribution in [1.29, 1.82) is 0 Å². The van der Waals surface area contributed by atoms with Gasteiger partial charge in [0.25, 0.3) is 0 Å². The number of hydrogen-bond donors (Lipinski definition) is 2. The molecule has 0 aliphatic rings. The van der Waals surface area contributed by atoms with E-state index in [-0.39, 0.29) is 12.1 Å². The highest BCUT2D eigenvalue weighted by molar-refractivity contribution is 5.44. The van der Waals surface area contributed by atoms with E-state index in [9.17, 15) is 5.11 Å². The largest absolute Gasteiger partial charge is 0.493 e. The van der Waals surface area contributed by atoms with Gasteiger partial charge in [-0.3, -0.25) is 0 Å². The summed E-state index contributed by atoms with van der Waals surface area (Å²) < 4.78 is 5.98. The van der Waals surface area contributed by atoms with Crippen molar-refractivity contribution in [2.24, 2.45) is 0 Å². The first kappa shape index (κ1) is 17.0. The van der Waals surface area contributed by atoms with Gasteiger partial charge < -0.3 is 15.2 Å². The second-order valence-corrected chi connectivity index (χ2v) is 6.27. The Morgan fingerprint density at radius 2 is 1.80 bits per heavy atom. The molecule has 114 valence electrons. The van der Waals surface area contributed by atoms with E-state index in [1.54, 1.807) is 0 Å². The van der Waals surface area contributed by atoms with E-state index in [2.05, 4.69) is 52.1 Å². The molecular formula is C17H29NO2. The molecule has 0 aliphatic carbocycles. The molecule has 3 heteroatoms. The van der Waals surface area contributed by atoms with Crippen LogP contribution >= 0.6 is 0 Å². The first-order chi connectivity index (χ1) is 9.29. The molecule has 3 nitrogen and oxygen atoms in total. The number of nitrogens with one attached hydrogen (secondary N) is 1. The van der Waals surface area contributed by atoms with Crippen molar-refractivity contribution in [1.82, 2.24) is 5.32 Å². The van der Waals surface area contributed by atoms with Gasteiger partial charge in [0.15, 0.2) is 0 Å². The van der Waals surface area contributed by atoms with Crippen molar-refractivity contribution < 1.29 is 9.84 Å². The Labute approximate surface area is 123 Å². The van der Waals surface area contributed by atoms with Gasteiger partial charge in [0.05, 0.1) is 13.2 Å². The standard InChI is InChI=1S/C17H29NO2/c1-12(2)18-17(6,11-19)9-10-20-16-14(4)8-7-13(3)15(16)5/h7-8,12,18-19H,9-11H2,1-6H3. The predicted molar refractivity (Wildman–Crippen MR) is 84.5 cm³/mol. The Balaban J connectivity index is 2.66. The van der Waals surface area contributed by atoms with E-state index in [1.807, 2.05) is 6.92 Å². The normalized spacial score (nSPS) is 14.4.